The molecule has 0 amide bonds. The molecule has 55 heavy (non-hydrogen) atoms. The summed E-state index contributed by atoms with van der Waals surface area (Å²) < 4.78 is 0. The number of rotatable bonds is 7. The first-order valence-electron chi connectivity index (χ1n) is 18.8. The second-order valence-electron chi connectivity index (χ2n) is 14.0. The number of allylic oxidation sites excluding steroid dienone is 2. The highest BCUT2D eigenvalue weighted by molar-refractivity contribution is 6.09. The fourth-order valence-corrected chi connectivity index (χ4v) is 8.06. The zero-order valence-corrected chi connectivity index (χ0v) is 30.1. The SMILES string of the molecule is C1=CC(c2ccc(-c3cccc(-c4nc(-c5ccccc5)nc(-c5ccccc5)n4)c3)cc2)=C2c3cccc(-c4ccccc4)c3N(c3ccccc3)C2C1. The molecular formula is C51H36N4. The van der Waals surface area contributed by atoms with E-state index in [1.165, 1.54) is 44.8 Å². The van der Waals surface area contributed by atoms with Crippen molar-refractivity contribution in [1.82, 2.24) is 15.0 Å². The highest BCUT2D eigenvalue weighted by Crippen LogP contribution is 2.54. The van der Waals surface area contributed by atoms with Gasteiger partial charge in [-0.2, -0.15) is 0 Å². The van der Waals surface area contributed by atoms with Gasteiger partial charge in [-0.15, -0.1) is 0 Å². The molecule has 0 spiro atoms. The Morgan fingerprint density at radius 2 is 0.891 bits per heavy atom. The van der Waals surface area contributed by atoms with Gasteiger partial charge in [0.25, 0.3) is 0 Å². The first-order chi connectivity index (χ1) is 27.3. The van der Waals surface area contributed by atoms with Crippen LogP contribution in [-0.2, 0) is 0 Å². The van der Waals surface area contributed by atoms with Crippen molar-refractivity contribution in [3.05, 3.63) is 211 Å². The summed E-state index contributed by atoms with van der Waals surface area (Å²) in [4.78, 5) is 17.4. The predicted molar refractivity (Wildman–Crippen MR) is 226 cm³/mol. The molecule has 260 valence electrons. The summed E-state index contributed by atoms with van der Waals surface area (Å²) >= 11 is 0. The van der Waals surface area contributed by atoms with Crippen molar-refractivity contribution in [3.63, 3.8) is 0 Å². The minimum atomic E-state index is 0.195. The van der Waals surface area contributed by atoms with Gasteiger partial charge in [-0.3, -0.25) is 0 Å². The normalized spacial score (nSPS) is 14.5. The Hall–Kier alpha value is -7.17. The third-order valence-electron chi connectivity index (χ3n) is 10.6. The molecule has 8 aromatic rings. The molecule has 10 rings (SSSR count). The number of hydrogen-bond acceptors (Lipinski definition) is 4. The molecule has 4 nitrogen and oxygen atoms in total. The number of anilines is 2. The van der Waals surface area contributed by atoms with Gasteiger partial charge in [0.2, 0.25) is 0 Å². The maximum absolute atomic E-state index is 4.97. The Bertz CT molecular complexity index is 2650. The van der Waals surface area contributed by atoms with Crippen LogP contribution < -0.4 is 4.90 Å². The maximum atomic E-state index is 4.97. The first kappa shape index (κ1) is 32.5. The van der Waals surface area contributed by atoms with E-state index in [0.717, 1.165) is 34.2 Å². The smallest absolute Gasteiger partial charge is 0.164 e. The van der Waals surface area contributed by atoms with Crippen molar-refractivity contribution in [3.8, 4) is 56.4 Å². The molecule has 1 atom stereocenters. The Kier molecular flexibility index (Phi) is 8.27. The summed E-state index contributed by atoms with van der Waals surface area (Å²) in [6.07, 6.45) is 5.61. The number of aromatic nitrogens is 3. The van der Waals surface area contributed by atoms with Crippen LogP contribution in [0.4, 0.5) is 11.4 Å². The average molecular weight is 705 g/mol. The van der Waals surface area contributed by atoms with E-state index < -0.39 is 0 Å². The summed E-state index contributed by atoms with van der Waals surface area (Å²) in [7, 11) is 0. The number of nitrogens with zero attached hydrogens (tertiary/aromatic N) is 4. The monoisotopic (exact) mass is 704 g/mol. The molecule has 1 aliphatic carbocycles. The van der Waals surface area contributed by atoms with Gasteiger partial charge in [0.15, 0.2) is 17.5 Å². The van der Waals surface area contributed by atoms with E-state index >= 15 is 0 Å². The summed E-state index contributed by atoms with van der Waals surface area (Å²) in [5.74, 6) is 1.96. The van der Waals surface area contributed by atoms with Gasteiger partial charge in [-0.05, 0) is 58.0 Å². The largest absolute Gasteiger partial charge is 0.333 e. The molecule has 1 unspecified atom stereocenters. The molecule has 1 aliphatic heterocycles. The lowest BCUT2D eigenvalue weighted by Gasteiger charge is -2.31. The van der Waals surface area contributed by atoms with Gasteiger partial charge < -0.3 is 4.90 Å². The lowest BCUT2D eigenvalue weighted by molar-refractivity contribution is 0.832. The van der Waals surface area contributed by atoms with Crippen LogP contribution in [-0.4, -0.2) is 21.0 Å². The number of fused-ring (bicyclic) bond motifs is 3. The number of hydrogen-bond donors (Lipinski definition) is 0. The number of para-hydroxylation sites is 2. The Labute approximate surface area is 321 Å². The van der Waals surface area contributed by atoms with Gasteiger partial charge in [0, 0.05) is 33.5 Å². The van der Waals surface area contributed by atoms with Crippen molar-refractivity contribution in [1.29, 1.82) is 0 Å². The van der Waals surface area contributed by atoms with E-state index in [2.05, 4.69) is 144 Å². The molecule has 0 saturated carbocycles. The zero-order chi connectivity index (χ0) is 36.6. The quantitative estimate of drug-likeness (QED) is 0.166. The molecule has 0 fully saturated rings. The Balaban J connectivity index is 1.04. The van der Waals surface area contributed by atoms with Gasteiger partial charge in [0.1, 0.15) is 0 Å². The lowest BCUT2D eigenvalue weighted by Crippen LogP contribution is -2.28. The van der Waals surface area contributed by atoms with Crippen LogP contribution >= 0.6 is 0 Å². The van der Waals surface area contributed by atoms with E-state index in [0.29, 0.717) is 17.5 Å². The summed E-state index contributed by atoms with van der Waals surface area (Å²) in [5.41, 5.74) is 15.2. The van der Waals surface area contributed by atoms with Crippen LogP contribution in [0.25, 0.3) is 67.6 Å². The Morgan fingerprint density at radius 3 is 1.53 bits per heavy atom. The van der Waals surface area contributed by atoms with Crippen LogP contribution in [0.1, 0.15) is 17.5 Å². The van der Waals surface area contributed by atoms with E-state index in [1.807, 2.05) is 60.7 Å². The molecule has 7 aromatic carbocycles. The van der Waals surface area contributed by atoms with Gasteiger partial charge in [0.05, 0.1) is 11.7 Å². The molecule has 0 bridgehead atoms. The standard InChI is InChI=1S/C51H36N4/c1-5-16-36(17-6-1)44-27-14-28-45-47-43(26-15-29-46(47)55(48(44)45)42-24-11-4-12-25-42)37-32-30-35(31-33-37)40-22-13-23-41(34-40)51-53-49(38-18-7-2-8-19-38)52-50(54-51)39-20-9-3-10-21-39/h1-28,30-34,46H,29H2. The summed E-state index contributed by atoms with van der Waals surface area (Å²) in [5, 5.41) is 0. The van der Waals surface area contributed by atoms with E-state index in [1.54, 1.807) is 0 Å². The maximum Gasteiger partial charge on any atom is 0.164 e. The topological polar surface area (TPSA) is 41.9 Å². The van der Waals surface area contributed by atoms with Crippen LogP contribution in [0.5, 0.6) is 0 Å². The first-order valence-corrected chi connectivity index (χ1v) is 18.8. The van der Waals surface area contributed by atoms with Crippen LogP contribution in [0.15, 0.2) is 200 Å². The van der Waals surface area contributed by atoms with Crippen molar-refractivity contribution in [2.75, 3.05) is 4.90 Å². The van der Waals surface area contributed by atoms with E-state index in [-0.39, 0.29) is 6.04 Å². The van der Waals surface area contributed by atoms with Crippen molar-refractivity contribution in [2.24, 2.45) is 0 Å². The van der Waals surface area contributed by atoms with Crippen LogP contribution in [0.2, 0.25) is 0 Å². The lowest BCUT2D eigenvalue weighted by atomic mass is 9.86. The minimum absolute atomic E-state index is 0.195. The fraction of sp³-hybridized carbons (Fsp3) is 0.0392. The highest BCUT2D eigenvalue weighted by Gasteiger charge is 2.39. The van der Waals surface area contributed by atoms with Gasteiger partial charge in [-0.1, -0.05) is 182 Å². The minimum Gasteiger partial charge on any atom is -0.333 e. The predicted octanol–water partition coefficient (Wildman–Crippen LogP) is 12.6. The highest BCUT2D eigenvalue weighted by atomic mass is 15.2. The van der Waals surface area contributed by atoms with Crippen molar-refractivity contribution < 1.29 is 0 Å². The zero-order valence-electron chi connectivity index (χ0n) is 30.1. The molecule has 0 saturated heterocycles. The van der Waals surface area contributed by atoms with E-state index in [4.69, 9.17) is 15.0 Å². The molecule has 2 heterocycles. The summed E-state index contributed by atoms with van der Waals surface area (Å²) in [6.45, 7) is 0. The average Bonchev–Trinajstić information content (AvgIpc) is 3.62. The van der Waals surface area contributed by atoms with Gasteiger partial charge in [-0.25, -0.2) is 15.0 Å². The van der Waals surface area contributed by atoms with Gasteiger partial charge >= 0.3 is 0 Å². The second-order valence-corrected chi connectivity index (χ2v) is 14.0. The molecular weight excluding hydrogens is 669 g/mol. The third kappa shape index (κ3) is 6.04. The third-order valence-corrected chi connectivity index (χ3v) is 10.6. The van der Waals surface area contributed by atoms with Crippen molar-refractivity contribution >= 4 is 22.5 Å². The van der Waals surface area contributed by atoms with Crippen molar-refractivity contribution in [2.45, 2.75) is 12.5 Å². The fourth-order valence-electron chi connectivity index (χ4n) is 8.06. The molecule has 2 aliphatic rings. The second kappa shape index (κ2) is 14.0. The Morgan fingerprint density at radius 1 is 0.400 bits per heavy atom. The molecule has 4 heteroatoms. The number of benzene rings is 7. The molecule has 0 radical (unpaired) electrons. The summed E-state index contributed by atoms with van der Waals surface area (Å²) in [6, 6.07) is 66.3. The molecule has 0 N–H and O–H groups in total. The molecule has 1 aromatic heterocycles. The van der Waals surface area contributed by atoms with E-state index in [9.17, 15) is 0 Å². The van der Waals surface area contributed by atoms with Crippen LogP contribution in [0.3, 0.4) is 0 Å². The van der Waals surface area contributed by atoms with Crippen LogP contribution in [0, 0.1) is 0 Å².